The average Bonchev–Trinajstić information content (AvgIpc) is 3.33. The Bertz CT molecular complexity index is 848. The summed E-state index contributed by atoms with van der Waals surface area (Å²) in [5, 5.41) is 10.2. The van der Waals surface area contributed by atoms with Gasteiger partial charge in [0.05, 0.1) is 22.1 Å². The maximum absolute atomic E-state index is 12.8. The van der Waals surface area contributed by atoms with Crippen LogP contribution in [0.2, 0.25) is 0 Å². The summed E-state index contributed by atoms with van der Waals surface area (Å²) in [6.45, 7) is 3.95. The quantitative estimate of drug-likeness (QED) is 0.642. The first kappa shape index (κ1) is 19.4. The Morgan fingerprint density at radius 1 is 1.50 bits per heavy atom. The number of carbonyl (C=O) groups is 1. The fourth-order valence-corrected chi connectivity index (χ4v) is 5.95. The van der Waals surface area contributed by atoms with Crippen LogP contribution in [0.5, 0.6) is 0 Å². The minimum atomic E-state index is -3.05. The van der Waals surface area contributed by atoms with Gasteiger partial charge in [0.15, 0.2) is 9.84 Å². The van der Waals surface area contributed by atoms with E-state index in [9.17, 15) is 13.2 Å². The van der Waals surface area contributed by atoms with Crippen molar-refractivity contribution >= 4 is 38.8 Å². The molecule has 3 heterocycles. The van der Waals surface area contributed by atoms with Crippen molar-refractivity contribution in [2.24, 2.45) is 0 Å². The molecule has 1 amide bonds. The lowest BCUT2D eigenvalue weighted by Gasteiger charge is -2.33. The molecule has 2 atom stereocenters. The van der Waals surface area contributed by atoms with Crippen molar-refractivity contribution < 1.29 is 17.6 Å². The molecule has 0 spiro atoms. The van der Waals surface area contributed by atoms with Gasteiger partial charge in [0, 0.05) is 12.1 Å². The van der Waals surface area contributed by atoms with Gasteiger partial charge in [-0.2, -0.15) is 0 Å². The van der Waals surface area contributed by atoms with Gasteiger partial charge in [-0.3, -0.25) is 4.79 Å². The molecule has 1 aliphatic heterocycles. The van der Waals surface area contributed by atoms with Crippen LogP contribution in [0.15, 0.2) is 27.2 Å². The van der Waals surface area contributed by atoms with Crippen molar-refractivity contribution in [3.63, 3.8) is 0 Å². The molecule has 0 N–H and O–H groups in total. The molecule has 1 aliphatic rings. The van der Waals surface area contributed by atoms with E-state index in [1.54, 1.807) is 4.90 Å². The molecule has 1 saturated heterocycles. The molecule has 0 aromatic carbocycles. The highest BCUT2D eigenvalue weighted by molar-refractivity contribution is 7.99. The molecule has 10 heteroatoms. The van der Waals surface area contributed by atoms with Gasteiger partial charge < -0.3 is 9.32 Å². The number of amides is 1. The lowest BCUT2D eigenvalue weighted by molar-refractivity contribution is -0.132. The number of rotatable bonds is 7. The highest BCUT2D eigenvalue weighted by Gasteiger charge is 2.36. The Kier molecular flexibility index (Phi) is 6.03. The minimum Gasteiger partial charge on any atom is -0.410 e. The van der Waals surface area contributed by atoms with Gasteiger partial charge in [-0.25, -0.2) is 8.42 Å². The SMILES string of the molecule is CC[C@H](C)N(C(=O)CSc1nnc(-c2cccs2)o1)[C@@H]1CCS(=O)(=O)C1. The predicted octanol–water partition coefficient (Wildman–Crippen LogP) is 2.70. The summed E-state index contributed by atoms with van der Waals surface area (Å²) in [7, 11) is -3.05. The molecule has 0 bridgehead atoms. The Balaban J connectivity index is 1.64. The Morgan fingerprint density at radius 3 is 2.92 bits per heavy atom. The minimum absolute atomic E-state index is 0.00855. The van der Waals surface area contributed by atoms with Crippen LogP contribution < -0.4 is 0 Å². The van der Waals surface area contributed by atoms with E-state index in [4.69, 9.17) is 4.42 Å². The van der Waals surface area contributed by atoms with Crippen molar-refractivity contribution in [2.75, 3.05) is 17.3 Å². The first-order valence-electron chi connectivity index (χ1n) is 8.41. The molecule has 0 radical (unpaired) electrons. The summed E-state index contributed by atoms with van der Waals surface area (Å²) in [6.07, 6.45) is 1.28. The molecular formula is C16H21N3O4S3. The van der Waals surface area contributed by atoms with Crippen LogP contribution in [0.25, 0.3) is 10.8 Å². The molecule has 0 unspecified atom stereocenters. The monoisotopic (exact) mass is 415 g/mol. The van der Waals surface area contributed by atoms with E-state index in [0.29, 0.717) is 17.5 Å². The molecule has 2 aromatic heterocycles. The highest BCUT2D eigenvalue weighted by atomic mass is 32.2. The molecule has 2 aromatic rings. The van der Waals surface area contributed by atoms with Crippen molar-refractivity contribution in [1.82, 2.24) is 15.1 Å². The molecule has 0 saturated carbocycles. The van der Waals surface area contributed by atoms with Gasteiger partial charge in [-0.15, -0.1) is 21.5 Å². The first-order valence-corrected chi connectivity index (χ1v) is 12.1. The zero-order valence-corrected chi connectivity index (χ0v) is 17.1. The highest BCUT2D eigenvalue weighted by Crippen LogP contribution is 2.28. The number of hydrogen-bond acceptors (Lipinski definition) is 8. The lowest BCUT2D eigenvalue weighted by atomic mass is 10.1. The topological polar surface area (TPSA) is 93.4 Å². The first-order chi connectivity index (χ1) is 12.4. The third-order valence-electron chi connectivity index (χ3n) is 4.41. The summed E-state index contributed by atoms with van der Waals surface area (Å²) in [6, 6.07) is 3.54. The average molecular weight is 416 g/mol. The third kappa shape index (κ3) is 4.47. The number of thioether (sulfide) groups is 1. The van der Waals surface area contributed by atoms with Crippen LogP contribution in [-0.2, 0) is 14.6 Å². The summed E-state index contributed by atoms with van der Waals surface area (Å²) < 4.78 is 29.2. The number of thiophene rings is 1. The smallest absolute Gasteiger partial charge is 0.277 e. The van der Waals surface area contributed by atoms with E-state index in [2.05, 4.69) is 10.2 Å². The Labute approximate surface area is 161 Å². The van der Waals surface area contributed by atoms with E-state index in [0.717, 1.165) is 11.3 Å². The molecule has 0 aliphatic carbocycles. The number of sulfone groups is 1. The molecule has 7 nitrogen and oxygen atoms in total. The van der Waals surface area contributed by atoms with Gasteiger partial charge in [-0.1, -0.05) is 24.8 Å². The number of carbonyl (C=O) groups excluding carboxylic acids is 1. The van der Waals surface area contributed by atoms with Crippen LogP contribution in [0.3, 0.4) is 0 Å². The summed E-state index contributed by atoms with van der Waals surface area (Å²) in [4.78, 5) is 15.4. The number of nitrogens with zero attached hydrogens (tertiary/aromatic N) is 3. The van der Waals surface area contributed by atoms with Crippen molar-refractivity contribution in [3.05, 3.63) is 17.5 Å². The Morgan fingerprint density at radius 2 is 2.31 bits per heavy atom. The number of hydrogen-bond donors (Lipinski definition) is 0. The van der Waals surface area contributed by atoms with Crippen LogP contribution in [0, 0.1) is 0 Å². The van der Waals surface area contributed by atoms with Crippen LogP contribution in [-0.4, -0.2) is 58.8 Å². The van der Waals surface area contributed by atoms with Gasteiger partial charge >= 0.3 is 0 Å². The molecule has 1 fully saturated rings. The predicted molar refractivity (Wildman–Crippen MR) is 102 cm³/mol. The van der Waals surface area contributed by atoms with Crippen LogP contribution >= 0.6 is 23.1 Å². The molecule has 26 heavy (non-hydrogen) atoms. The summed E-state index contributed by atoms with van der Waals surface area (Å²) >= 11 is 2.69. The van der Waals surface area contributed by atoms with Crippen molar-refractivity contribution in [1.29, 1.82) is 0 Å². The summed E-state index contributed by atoms with van der Waals surface area (Å²) in [5.41, 5.74) is 0. The third-order valence-corrected chi connectivity index (χ3v) is 7.82. The van der Waals surface area contributed by atoms with Gasteiger partial charge in [0.1, 0.15) is 0 Å². The molecular weight excluding hydrogens is 394 g/mol. The fraction of sp³-hybridized carbons (Fsp3) is 0.562. The van der Waals surface area contributed by atoms with Crippen molar-refractivity contribution in [2.45, 2.75) is 44.0 Å². The van der Waals surface area contributed by atoms with Crippen LogP contribution in [0.4, 0.5) is 0 Å². The molecule has 142 valence electrons. The lowest BCUT2D eigenvalue weighted by Crippen LogP contribution is -2.47. The van der Waals surface area contributed by atoms with E-state index in [1.165, 1.54) is 23.1 Å². The van der Waals surface area contributed by atoms with E-state index >= 15 is 0 Å². The largest absolute Gasteiger partial charge is 0.410 e. The summed E-state index contributed by atoms with van der Waals surface area (Å²) in [5.74, 6) is 0.695. The fourth-order valence-electron chi connectivity index (χ4n) is 2.97. The molecule has 3 rings (SSSR count). The van der Waals surface area contributed by atoms with Gasteiger partial charge in [0.25, 0.3) is 11.1 Å². The zero-order valence-electron chi connectivity index (χ0n) is 14.6. The standard InChI is InChI=1S/C16H21N3O4S3/c1-3-11(2)19(12-6-8-26(21,22)10-12)14(20)9-25-16-18-17-15(23-16)13-5-4-7-24-13/h4-5,7,11-12H,3,6,8-10H2,1-2H3/t11-,12+/m0/s1. The van der Waals surface area contributed by atoms with Gasteiger partial charge in [-0.05, 0) is 31.2 Å². The van der Waals surface area contributed by atoms with E-state index in [-0.39, 0.29) is 35.2 Å². The second kappa shape index (κ2) is 8.10. The maximum atomic E-state index is 12.8. The normalized spacial score (nSPS) is 20.2. The zero-order chi connectivity index (χ0) is 18.7. The maximum Gasteiger partial charge on any atom is 0.277 e. The van der Waals surface area contributed by atoms with E-state index < -0.39 is 9.84 Å². The van der Waals surface area contributed by atoms with Crippen molar-refractivity contribution in [3.8, 4) is 10.8 Å². The van der Waals surface area contributed by atoms with E-state index in [1.807, 2.05) is 31.4 Å². The number of aromatic nitrogens is 2. The van der Waals surface area contributed by atoms with Gasteiger partial charge in [0.2, 0.25) is 5.91 Å². The van der Waals surface area contributed by atoms with Crippen LogP contribution in [0.1, 0.15) is 26.7 Å². The second-order valence-electron chi connectivity index (χ2n) is 6.25. The second-order valence-corrected chi connectivity index (χ2v) is 10.4. The Hall–Kier alpha value is -1.39.